The van der Waals surface area contributed by atoms with E-state index in [9.17, 15) is 4.79 Å². The molecule has 1 atom stereocenters. The zero-order valence-electron chi connectivity index (χ0n) is 13.8. The molecule has 2 N–H and O–H groups in total. The van der Waals surface area contributed by atoms with Crippen LogP contribution >= 0.6 is 0 Å². The Kier molecular flexibility index (Phi) is 4.28. The Labute approximate surface area is 139 Å². The molecule has 0 radical (unpaired) electrons. The zero-order chi connectivity index (χ0) is 17.1. The predicted octanol–water partition coefficient (Wildman–Crippen LogP) is 2.19. The third-order valence-corrected chi connectivity index (χ3v) is 3.67. The number of hydrogen-bond acceptors (Lipinski definition) is 4. The highest BCUT2D eigenvalue weighted by Gasteiger charge is 2.12. The number of aromatic nitrogens is 5. The Morgan fingerprint density at radius 1 is 1.25 bits per heavy atom. The average molecular weight is 325 g/mol. The van der Waals surface area contributed by atoms with Gasteiger partial charge in [0, 0.05) is 13.1 Å². The van der Waals surface area contributed by atoms with Crippen LogP contribution in [0.3, 0.4) is 0 Å². The third kappa shape index (κ3) is 3.43. The van der Waals surface area contributed by atoms with Gasteiger partial charge in [-0.2, -0.15) is 10.2 Å². The third-order valence-electron chi connectivity index (χ3n) is 3.67. The molecule has 1 unspecified atom stereocenters. The normalized spacial score (nSPS) is 12.0. The highest BCUT2D eigenvalue weighted by molar-refractivity contribution is 5.88. The number of hydrogen-bond donors (Lipinski definition) is 2. The number of anilines is 1. The molecule has 3 rings (SSSR count). The summed E-state index contributed by atoms with van der Waals surface area (Å²) < 4.78 is 3.31. The molecular weight excluding hydrogens is 306 g/mol. The van der Waals surface area contributed by atoms with E-state index in [-0.39, 0.29) is 12.1 Å². The van der Waals surface area contributed by atoms with Crippen LogP contribution in [0.2, 0.25) is 0 Å². The largest absolute Gasteiger partial charge is 0.331 e. The van der Waals surface area contributed by atoms with Crippen LogP contribution in [0.1, 0.15) is 24.2 Å². The van der Waals surface area contributed by atoms with Crippen molar-refractivity contribution >= 4 is 11.8 Å². The van der Waals surface area contributed by atoms with Crippen molar-refractivity contribution in [2.45, 2.75) is 19.9 Å². The van der Waals surface area contributed by atoms with Crippen molar-refractivity contribution in [2.24, 2.45) is 7.05 Å². The summed E-state index contributed by atoms with van der Waals surface area (Å²) in [6.45, 7) is 3.81. The van der Waals surface area contributed by atoms with Gasteiger partial charge in [-0.05, 0) is 31.5 Å². The lowest BCUT2D eigenvalue weighted by Gasteiger charge is -2.15. The molecule has 0 bridgehead atoms. The fourth-order valence-electron chi connectivity index (χ4n) is 2.42. The molecule has 0 spiro atoms. The highest BCUT2D eigenvalue weighted by atomic mass is 16.2. The summed E-state index contributed by atoms with van der Waals surface area (Å²) >= 11 is 0. The number of aryl methyl sites for hydroxylation is 2. The molecule has 0 aliphatic heterocycles. The van der Waals surface area contributed by atoms with Crippen LogP contribution in [0.5, 0.6) is 0 Å². The lowest BCUT2D eigenvalue weighted by molar-refractivity contribution is 0.249. The number of nitrogens with one attached hydrogen (secondary N) is 2. The summed E-state index contributed by atoms with van der Waals surface area (Å²) in [5.74, 6) is 0.652. The number of benzene rings is 1. The van der Waals surface area contributed by atoms with Crippen LogP contribution in [0.4, 0.5) is 10.6 Å². The van der Waals surface area contributed by atoms with E-state index >= 15 is 0 Å². The lowest BCUT2D eigenvalue weighted by Crippen LogP contribution is -2.31. The zero-order valence-corrected chi connectivity index (χ0v) is 13.8. The minimum absolute atomic E-state index is 0.135. The summed E-state index contributed by atoms with van der Waals surface area (Å²) in [5, 5.41) is 14.0. The Balaban J connectivity index is 1.63. The smallest absolute Gasteiger partial charge is 0.320 e. The summed E-state index contributed by atoms with van der Waals surface area (Å²) in [6, 6.07) is 9.19. The Morgan fingerprint density at radius 2 is 2.00 bits per heavy atom. The van der Waals surface area contributed by atoms with Gasteiger partial charge in [-0.1, -0.05) is 12.1 Å². The number of nitrogens with zero attached hydrogens (tertiary/aromatic N) is 5. The standard InChI is InChI=1S/C16H19N7O/c1-11-8-15(22(3)21-11)20-16(24)19-12(2)13-4-6-14(7-5-13)23-10-17-9-18-23/h4-10,12H,1-3H3,(H2,19,20,24). The fourth-order valence-corrected chi connectivity index (χ4v) is 2.42. The van der Waals surface area contributed by atoms with E-state index in [1.54, 1.807) is 22.7 Å². The van der Waals surface area contributed by atoms with E-state index in [1.165, 1.54) is 6.33 Å². The molecule has 2 aromatic heterocycles. The molecule has 0 aliphatic carbocycles. The molecular formula is C16H19N7O. The molecule has 24 heavy (non-hydrogen) atoms. The first-order valence-corrected chi connectivity index (χ1v) is 7.56. The van der Waals surface area contributed by atoms with Crippen LogP contribution < -0.4 is 10.6 Å². The van der Waals surface area contributed by atoms with Crippen LogP contribution in [0.15, 0.2) is 43.0 Å². The van der Waals surface area contributed by atoms with Gasteiger partial charge in [-0.3, -0.25) is 10.00 Å². The topological polar surface area (TPSA) is 89.7 Å². The van der Waals surface area contributed by atoms with E-state index in [0.717, 1.165) is 16.9 Å². The maximum Gasteiger partial charge on any atom is 0.320 e. The van der Waals surface area contributed by atoms with E-state index in [0.29, 0.717) is 5.82 Å². The van der Waals surface area contributed by atoms with Crippen molar-refractivity contribution < 1.29 is 4.79 Å². The molecule has 0 saturated heterocycles. The van der Waals surface area contributed by atoms with Crippen molar-refractivity contribution in [3.05, 3.63) is 54.2 Å². The second-order valence-corrected chi connectivity index (χ2v) is 5.55. The number of rotatable bonds is 4. The molecule has 8 heteroatoms. The monoisotopic (exact) mass is 325 g/mol. The van der Waals surface area contributed by atoms with Gasteiger partial charge in [0.25, 0.3) is 0 Å². The van der Waals surface area contributed by atoms with Crippen LogP contribution in [0.25, 0.3) is 5.69 Å². The fraction of sp³-hybridized carbons (Fsp3) is 0.250. The van der Waals surface area contributed by atoms with Crippen molar-refractivity contribution in [2.75, 3.05) is 5.32 Å². The second-order valence-electron chi connectivity index (χ2n) is 5.55. The van der Waals surface area contributed by atoms with Crippen molar-refractivity contribution in [3.8, 4) is 5.69 Å². The van der Waals surface area contributed by atoms with Crippen molar-refractivity contribution in [3.63, 3.8) is 0 Å². The first-order chi connectivity index (χ1) is 11.5. The van der Waals surface area contributed by atoms with Gasteiger partial charge in [0.1, 0.15) is 18.5 Å². The molecule has 2 heterocycles. The van der Waals surface area contributed by atoms with Gasteiger partial charge in [-0.25, -0.2) is 14.5 Å². The number of amides is 2. The summed E-state index contributed by atoms with van der Waals surface area (Å²) in [7, 11) is 1.79. The van der Waals surface area contributed by atoms with Gasteiger partial charge in [0.05, 0.1) is 17.4 Å². The maximum absolute atomic E-state index is 12.1. The first-order valence-electron chi connectivity index (χ1n) is 7.56. The predicted molar refractivity (Wildman–Crippen MR) is 89.9 cm³/mol. The van der Waals surface area contributed by atoms with Crippen molar-refractivity contribution in [1.29, 1.82) is 0 Å². The lowest BCUT2D eigenvalue weighted by atomic mass is 10.1. The average Bonchev–Trinajstić information content (AvgIpc) is 3.18. The molecule has 8 nitrogen and oxygen atoms in total. The molecule has 1 aromatic carbocycles. The van der Waals surface area contributed by atoms with E-state index in [2.05, 4.69) is 25.8 Å². The minimum atomic E-state index is -0.272. The van der Waals surface area contributed by atoms with Gasteiger partial charge in [0.2, 0.25) is 0 Å². The summed E-state index contributed by atoms with van der Waals surface area (Å²) in [6.07, 6.45) is 3.13. The molecule has 0 aliphatic rings. The maximum atomic E-state index is 12.1. The van der Waals surface area contributed by atoms with Crippen LogP contribution in [-0.2, 0) is 7.05 Å². The van der Waals surface area contributed by atoms with Crippen molar-refractivity contribution in [1.82, 2.24) is 29.9 Å². The number of carbonyl (C=O) groups excluding carboxylic acids is 1. The highest BCUT2D eigenvalue weighted by Crippen LogP contribution is 2.15. The molecule has 3 aromatic rings. The molecule has 0 fully saturated rings. The second kappa shape index (κ2) is 6.53. The Bertz CT molecular complexity index is 821. The quantitative estimate of drug-likeness (QED) is 0.769. The molecule has 0 saturated carbocycles. The van der Waals surface area contributed by atoms with Crippen LogP contribution in [-0.4, -0.2) is 30.6 Å². The van der Waals surface area contributed by atoms with Gasteiger partial charge in [0.15, 0.2) is 0 Å². The summed E-state index contributed by atoms with van der Waals surface area (Å²) in [5.41, 5.74) is 2.76. The summed E-state index contributed by atoms with van der Waals surface area (Å²) in [4.78, 5) is 16.0. The SMILES string of the molecule is Cc1cc(NC(=O)NC(C)c2ccc(-n3cncn3)cc2)n(C)n1. The van der Waals surface area contributed by atoms with E-state index in [1.807, 2.05) is 44.2 Å². The van der Waals surface area contributed by atoms with Gasteiger partial charge in [-0.15, -0.1) is 0 Å². The Morgan fingerprint density at radius 3 is 2.58 bits per heavy atom. The van der Waals surface area contributed by atoms with E-state index < -0.39 is 0 Å². The van der Waals surface area contributed by atoms with E-state index in [4.69, 9.17) is 0 Å². The molecule has 124 valence electrons. The minimum Gasteiger partial charge on any atom is -0.331 e. The first kappa shape index (κ1) is 15.7. The van der Waals surface area contributed by atoms with Crippen LogP contribution in [0, 0.1) is 6.92 Å². The van der Waals surface area contributed by atoms with Gasteiger partial charge < -0.3 is 5.32 Å². The number of carbonyl (C=O) groups is 1. The number of urea groups is 1. The Hall–Kier alpha value is -3.16. The molecule has 2 amide bonds. The van der Waals surface area contributed by atoms with Gasteiger partial charge >= 0.3 is 6.03 Å².